The molecule has 1 aliphatic rings. The van der Waals surface area contributed by atoms with Gasteiger partial charge in [0.05, 0.1) is 33.9 Å². The number of rotatable bonds is 5. The first kappa shape index (κ1) is 21.6. The van der Waals surface area contributed by atoms with Crippen molar-refractivity contribution in [1.82, 2.24) is 24.5 Å². The summed E-state index contributed by atoms with van der Waals surface area (Å²) in [5.41, 5.74) is 13.4. The molecule has 0 spiro atoms. The van der Waals surface area contributed by atoms with E-state index in [-0.39, 0.29) is 34.6 Å². The Labute approximate surface area is 199 Å². The standard InChI is InChI=1S/C23H20ClN9O/c1-11-7-13(10-28-9-11)33-21(29-16-4-2-3-15(24)17(16)22(33)34)18(12-5-6-12)30-20-14(8-25)19(26)31-23(27)32-20/h2-4,7,9-10,12,18H,5-6H2,1H3,(H5,26,27,30,31,32). The Morgan fingerprint density at radius 2 is 2.03 bits per heavy atom. The van der Waals surface area contributed by atoms with E-state index in [2.05, 4.69) is 20.3 Å². The molecule has 4 aromatic rings. The lowest BCUT2D eigenvalue weighted by Gasteiger charge is -2.24. The van der Waals surface area contributed by atoms with Crippen LogP contribution in [0.25, 0.3) is 16.6 Å². The van der Waals surface area contributed by atoms with Crippen molar-refractivity contribution in [3.8, 4) is 11.8 Å². The van der Waals surface area contributed by atoms with Crippen LogP contribution in [-0.2, 0) is 0 Å². The summed E-state index contributed by atoms with van der Waals surface area (Å²) in [6, 6.07) is 8.57. The van der Waals surface area contributed by atoms with Crippen LogP contribution >= 0.6 is 11.6 Å². The van der Waals surface area contributed by atoms with Crippen LogP contribution in [0.5, 0.6) is 0 Å². The SMILES string of the molecule is Cc1cncc(-n2c(C(Nc3nc(N)nc(N)c3C#N)C3CC3)nc3cccc(Cl)c3c2=O)c1. The molecule has 0 amide bonds. The highest BCUT2D eigenvalue weighted by molar-refractivity contribution is 6.35. The van der Waals surface area contributed by atoms with Gasteiger partial charge in [-0.25, -0.2) is 4.98 Å². The molecule has 1 aromatic carbocycles. The predicted octanol–water partition coefficient (Wildman–Crippen LogP) is 3.13. The van der Waals surface area contributed by atoms with Crippen LogP contribution in [0, 0.1) is 24.2 Å². The van der Waals surface area contributed by atoms with Gasteiger partial charge >= 0.3 is 0 Å². The van der Waals surface area contributed by atoms with Gasteiger partial charge in [-0.15, -0.1) is 0 Å². The molecule has 1 atom stereocenters. The minimum Gasteiger partial charge on any atom is -0.382 e. The number of fused-ring (bicyclic) bond motifs is 1. The summed E-state index contributed by atoms with van der Waals surface area (Å²) >= 11 is 6.40. The lowest BCUT2D eigenvalue weighted by molar-refractivity contribution is 0.608. The Morgan fingerprint density at radius 1 is 1.24 bits per heavy atom. The summed E-state index contributed by atoms with van der Waals surface area (Å²) in [5, 5.41) is 13.5. The first-order valence-electron chi connectivity index (χ1n) is 10.6. The molecule has 5 rings (SSSR count). The van der Waals surface area contributed by atoms with Crippen LogP contribution in [0.3, 0.4) is 0 Å². The van der Waals surface area contributed by atoms with E-state index in [4.69, 9.17) is 28.1 Å². The third kappa shape index (κ3) is 3.76. The number of halogens is 1. The van der Waals surface area contributed by atoms with E-state index in [0.717, 1.165) is 18.4 Å². The van der Waals surface area contributed by atoms with Crippen molar-refractivity contribution in [3.63, 3.8) is 0 Å². The summed E-state index contributed by atoms with van der Waals surface area (Å²) in [7, 11) is 0. The fourth-order valence-electron chi connectivity index (χ4n) is 4.01. The molecule has 3 aromatic heterocycles. The first-order chi connectivity index (χ1) is 16.4. The monoisotopic (exact) mass is 473 g/mol. The maximum Gasteiger partial charge on any atom is 0.267 e. The molecule has 0 radical (unpaired) electrons. The normalized spacial score (nSPS) is 14.0. The van der Waals surface area contributed by atoms with Crippen LogP contribution in [0.1, 0.15) is 35.8 Å². The Balaban J connectivity index is 1.77. The Bertz CT molecular complexity index is 1540. The molecule has 170 valence electrons. The van der Waals surface area contributed by atoms with Crippen LogP contribution in [0.2, 0.25) is 5.02 Å². The number of aromatic nitrogens is 5. The van der Waals surface area contributed by atoms with Crippen molar-refractivity contribution in [1.29, 1.82) is 5.26 Å². The Morgan fingerprint density at radius 3 is 2.74 bits per heavy atom. The van der Waals surface area contributed by atoms with Gasteiger partial charge in [-0.05, 0) is 49.4 Å². The molecule has 3 heterocycles. The number of nitrogen functional groups attached to an aromatic ring is 2. The van der Waals surface area contributed by atoms with Crippen LogP contribution < -0.4 is 22.3 Å². The lowest BCUT2D eigenvalue weighted by atomic mass is 10.1. The summed E-state index contributed by atoms with van der Waals surface area (Å²) in [6.07, 6.45) is 5.13. The maximum absolute atomic E-state index is 13.8. The number of pyridine rings is 1. The molecule has 1 unspecified atom stereocenters. The van der Waals surface area contributed by atoms with Gasteiger partial charge in [-0.1, -0.05) is 17.7 Å². The number of aryl methyl sites for hydroxylation is 1. The zero-order chi connectivity index (χ0) is 24.0. The van der Waals surface area contributed by atoms with Crippen molar-refractivity contribution in [2.45, 2.75) is 25.8 Å². The first-order valence-corrected chi connectivity index (χ1v) is 11.0. The zero-order valence-electron chi connectivity index (χ0n) is 18.2. The third-order valence-corrected chi connectivity index (χ3v) is 6.04. The van der Waals surface area contributed by atoms with Crippen LogP contribution in [0.4, 0.5) is 17.6 Å². The van der Waals surface area contributed by atoms with E-state index < -0.39 is 6.04 Å². The molecule has 1 aliphatic carbocycles. The fraction of sp³-hybridized carbons (Fsp3) is 0.217. The van der Waals surface area contributed by atoms with E-state index in [1.54, 1.807) is 30.6 Å². The molecule has 11 heteroatoms. The minimum absolute atomic E-state index is 0.0226. The fourth-order valence-corrected chi connectivity index (χ4v) is 4.26. The number of nitrogens with zero attached hydrogens (tertiary/aromatic N) is 6. The Hall–Kier alpha value is -4.23. The summed E-state index contributed by atoms with van der Waals surface area (Å²) in [6.45, 7) is 1.89. The second kappa shape index (κ2) is 8.28. The van der Waals surface area contributed by atoms with Gasteiger partial charge < -0.3 is 16.8 Å². The molecular formula is C23H20ClN9O. The highest BCUT2D eigenvalue weighted by Crippen LogP contribution is 2.43. The van der Waals surface area contributed by atoms with E-state index >= 15 is 0 Å². The van der Waals surface area contributed by atoms with Crippen molar-refractivity contribution in [3.05, 3.63) is 69.0 Å². The summed E-state index contributed by atoms with van der Waals surface area (Å²) in [4.78, 5) is 31.0. The summed E-state index contributed by atoms with van der Waals surface area (Å²) < 4.78 is 1.52. The molecule has 5 N–H and O–H groups in total. The molecule has 1 saturated carbocycles. The van der Waals surface area contributed by atoms with Crippen molar-refractivity contribution >= 4 is 40.1 Å². The number of nitrogens with two attached hydrogens (primary N) is 2. The van der Waals surface area contributed by atoms with Gasteiger partial charge in [0, 0.05) is 6.20 Å². The van der Waals surface area contributed by atoms with E-state index in [1.165, 1.54) is 4.57 Å². The van der Waals surface area contributed by atoms with Gasteiger partial charge in [0.15, 0.2) is 5.82 Å². The zero-order valence-corrected chi connectivity index (χ0v) is 18.9. The number of anilines is 3. The van der Waals surface area contributed by atoms with Crippen molar-refractivity contribution in [2.24, 2.45) is 5.92 Å². The van der Waals surface area contributed by atoms with Gasteiger partial charge in [0.2, 0.25) is 5.95 Å². The number of benzene rings is 1. The van der Waals surface area contributed by atoms with E-state index in [1.807, 2.05) is 19.1 Å². The molecule has 34 heavy (non-hydrogen) atoms. The second-order valence-corrected chi connectivity index (χ2v) is 8.63. The third-order valence-electron chi connectivity index (χ3n) is 5.72. The summed E-state index contributed by atoms with van der Waals surface area (Å²) in [5.74, 6) is 0.710. The van der Waals surface area contributed by atoms with Gasteiger partial charge in [-0.2, -0.15) is 15.2 Å². The largest absolute Gasteiger partial charge is 0.382 e. The average Bonchev–Trinajstić information content (AvgIpc) is 3.62. The van der Waals surface area contributed by atoms with E-state index in [9.17, 15) is 10.1 Å². The number of nitriles is 1. The van der Waals surface area contributed by atoms with Gasteiger partial charge in [-0.3, -0.25) is 14.3 Å². The van der Waals surface area contributed by atoms with Gasteiger partial charge in [0.1, 0.15) is 23.3 Å². The van der Waals surface area contributed by atoms with Gasteiger partial charge in [0.25, 0.3) is 5.56 Å². The van der Waals surface area contributed by atoms with E-state index in [0.29, 0.717) is 27.4 Å². The molecular weight excluding hydrogens is 454 g/mol. The quantitative estimate of drug-likeness (QED) is 0.395. The number of hydrogen-bond acceptors (Lipinski definition) is 9. The van der Waals surface area contributed by atoms with Crippen LogP contribution in [-0.4, -0.2) is 24.5 Å². The molecule has 0 aliphatic heterocycles. The molecule has 0 saturated heterocycles. The second-order valence-electron chi connectivity index (χ2n) is 8.23. The molecule has 10 nitrogen and oxygen atoms in total. The van der Waals surface area contributed by atoms with Crippen LogP contribution in [0.15, 0.2) is 41.5 Å². The smallest absolute Gasteiger partial charge is 0.267 e. The minimum atomic E-state index is -0.461. The Kier molecular flexibility index (Phi) is 5.26. The maximum atomic E-state index is 13.8. The molecule has 0 bridgehead atoms. The highest BCUT2D eigenvalue weighted by Gasteiger charge is 2.37. The predicted molar refractivity (Wildman–Crippen MR) is 130 cm³/mol. The number of hydrogen-bond donors (Lipinski definition) is 3. The lowest BCUT2D eigenvalue weighted by Crippen LogP contribution is -2.30. The molecule has 1 fully saturated rings. The highest BCUT2D eigenvalue weighted by atomic mass is 35.5. The van der Waals surface area contributed by atoms with Crippen molar-refractivity contribution in [2.75, 3.05) is 16.8 Å². The topological polar surface area (TPSA) is 161 Å². The van der Waals surface area contributed by atoms with Crippen molar-refractivity contribution < 1.29 is 0 Å². The average molecular weight is 474 g/mol. The number of nitrogens with one attached hydrogen (secondary N) is 1.